The predicted octanol–water partition coefficient (Wildman–Crippen LogP) is 4.82. The summed E-state index contributed by atoms with van der Waals surface area (Å²) >= 11 is 1.35. The zero-order valence-corrected chi connectivity index (χ0v) is 25.7. The van der Waals surface area contributed by atoms with E-state index in [1.54, 1.807) is 37.3 Å². The molecule has 11 heteroatoms. The smallest absolute Gasteiger partial charge is 0.260 e. The molecule has 1 aromatic heterocycles. The molecule has 1 amide bonds. The number of carbonyl (C=O) groups excluding carboxylic acids is 1. The molecule has 0 saturated heterocycles. The van der Waals surface area contributed by atoms with Crippen molar-refractivity contribution in [3.63, 3.8) is 0 Å². The Hall–Kier alpha value is -2.73. The zero-order valence-electron chi connectivity index (χ0n) is 24.1. The predicted molar refractivity (Wildman–Crippen MR) is 158 cm³/mol. The number of fused-ring (bicyclic) bond motifs is 1. The highest BCUT2D eigenvalue weighted by Gasteiger charge is 2.28. The molecule has 3 aromatic rings. The summed E-state index contributed by atoms with van der Waals surface area (Å²) in [7, 11) is 3.35. The minimum atomic E-state index is -3.70. The summed E-state index contributed by atoms with van der Waals surface area (Å²) < 4.78 is 40.2. The third-order valence-corrected chi connectivity index (χ3v) is 8.96. The van der Waals surface area contributed by atoms with Crippen LogP contribution in [0.2, 0.25) is 0 Å². The van der Waals surface area contributed by atoms with Gasteiger partial charge in [0, 0.05) is 31.7 Å². The molecule has 0 aliphatic heterocycles. The molecule has 0 bridgehead atoms. The lowest BCUT2D eigenvalue weighted by molar-refractivity contribution is 0.0985. The van der Waals surface area contributed by atoms with E-state index in [1.165, 1.54) is 27.8 Å². The van der Waals surface area contributed by atoms with E-state index < -0.39 is 10.0 Å². The van der Waals surface area contributed by atoms with Crippen LogP contribution in [-0.2, 0) is 10.0 Å². The summed E-state index contributed by atoms with van der Waals surface area (Å²) in [5, 5.41) is 0.511. The monoisotopic (exact) mass is 576 g/mol. The van der Waals surface area contributed by atoms with Gasteiger partial charge < -0.3 is 14.4 Å². The number of nitrogens with zero attached hydrogens (tertiary/aromatic N) is 4. The molecule has 1 heterocycles. The van der Waals surface area contributed by atoms with Gasteiger partial charge in [-0.2, -0.15) is 4.31 Å². The quantitative estimate of drug-likeness (QED) is 0.288. The van der Waals surface area contributed by atoms with E-state index in [9.17, 15) is 13.2 Å². The van der Waals surface area contributed by atoms with Crippen LogP contribution in [0.4, 0.5) is 5.13 Å². The van der Waals surface area contributed by atoms with Crippen LogP contribution in [0.15, 0.2) is 41.3 Å². The second-order valence-corrected chi connectivity index (χ2v) is 13.5. The SMILES string of the molecule is COc1ccc(OC)c2sc(N(CCN(C)C)C(=O)c3ccc(S(=O)(=O)N(CC(C)C)CC(C)C)cc3)nc12. The summed E-state index contributed by atoms with van der Waals surface area (Å²) in [5.74, 6) is 1.36. The minimum Gasteiger partial charge on any atom is -0.495 e. The van der Waals surface area contributed by atoms with Gasteiger partial charge in [0.1, 0.15) is 21.7 Å². The molecule has 9 nitrogen and oxygen atoms in total. The molecule has 0 radical (unpaired) electrons. The van der Waals surface area contributed by atoms with Crippen molar-refractivity contribution in [2.24, 2.45) is 11.8 Å². The Morgan fingerprint density at radius 3 is 1.97 bits per heavy atom. The number of benzene rings is 2. The van der Waals surface area contributed by atoms with Crippen molar-refractivity contribution in [1.82, 2.24) is 14.2 Å². The Bertz CT molecular complexity index is 1320. The highest BCUT2D eigenvalue weighted by atomic mass is 32.2. The van der Waals surface area contributed by atoms with E-state index in [0.29, 0.717) is 53.9 Å². The van der Waals surface area contributed by atoms with E-state index in [1.807, 2.05) is 52.8 Å². The highest BCUT2D eigenvalue weighted by molar-refractivity contribution is 7.89. The van der Waals surface area contributed by atoms with Gasteiger partial charge >= 0.3 is 0 Å². The van der Waals surface area contributed by atoms with E-state index in [0.717, 1.165) is 4.70 Å². The van der Waals surface area contributed by atoms with Crippen LogP contribution in [0.1, 0.15) is 38.1 Å². The molecule has 0 aliphatic carbocycles. The van der Waals surface area contributed by atoms with Gasteiger partial charge in [-0.05, 0) is 62.3 Å². The number of hydrogen-bond donors (Lipinski definition) is 0. The average molecular weight is 577 g/mol. The number of sulfonamides is 1. The van der Waals surface area contributed by atoms with Gasteiger partial charge in [0.2, 0.25) is 10.0 Å². The van der Waals surface area contributed by atoms with Crippen molar-refractivity contribution in [2.45, 2.75) is 32.6 Å². The van der Waals surface area contributed by atoms with Gasteiger partial charge in [-0.3, -0.25) is 9.69 Å². The van der Waals surface area contributed by atoms with E-state index >= 15 is 0 Å². The summed E-state index contributed by atoms with van der Waals surface area (Å²) in [5.41, 5.74) is 1.00. The van der Waals surface area contributed by atoms with Crippen LogP contribution in [0.5, 0.6) is 11.5 Å². The molecule has 0 saturated carbocycles. The van der Waals surface area contributed by atoms with Crippen LogP contribution in [0, 0.1) is 11.8 Å². The van der Waals surface area contributed by atoms with Crippen molar-refractivity contribution in [2.75, 3.05) is 59.4 Å². The second kappa shape index (κ2) is 13.1. The molecule has 2 aromatic carbocycles. The van der Waals surface area contributed by atoms with Gasteiger partial charge in [0.25, 0.3) is 5.91 Å². The molecule has 0 atom stereocenters. The van der Waals surface area contributed by atoms with E-state index in [4.69, 9.17) is 14.5 Å². The van der Waals surface area contributed by atoms with Crippen molar-refractivity contribution in [3.8, 4) is 11.5 Å². The summed E-state index contributed by atoms with van der Waals surface area (Å²) in [6, 6.07) is 9.80. The molecular formula is C28H40N4O5S2. The number of thiazole rings is 1. The fraction of sp³-hybridized carbons (Fsp3) is 0.500. The Labute approximate surface area is 236 Å². The van der Waals surface area contributed by atoms with Crippen molar-refractivity contribution in [3.05, 3.63) is 42.0 Å². The molecular weight excluding hydrogens is 536 g/mol. The third-order valence-electron chi connectivity index (χ3n) is 6.02. The fourth-order valence-corrected chi connectivity index (χ4v) is 7.00. The summed E-state index contributed by atoms with van der Waals surface area (Å²) in [4.78, 5) is 22.3. The largest absolute Gasteiger partial charge is 0.495 e. The van der Waals surface area contributed by atoms with Crippen LogP contribution < -0.4 is 14.4 Å². The maximum atomic E-state index is 13.8. The average Bonchev–Trinajstić information content (AvgIpc) is 3.32. The first-order valence-electron chi connectivity index (χ1n) is 13.0. The number of rotatable bonds is 13. The second-order valence-electron chi connectivity index (χ2n) is 10.5. The first-order chi connectivity index (χ1) is 18.4. The van der Waals surface area contributed by atoms with Gasteiger partial charge in [-0.25, -0.2) is 13.4 Å². The molecule has 0 N–H and O–H groups in total. The first-order valence-corrected chi connectivity index (χ1v) is 15.2. The number of carbonyl (C=O) groups is 1. The highest BCUT2D eigenvalue weighted by Crippen LogP contribution is 2.40. The van der Waals surface area contributed by atoms with Gasteiger partial charge in [0.15, 0.2) is 5.13 Å². The summed E-state index contributed by atoms with van der Waals surface area (Å²) in [6.45, 7) is 9.88. The van der Waals surface area contributed by atoms with Crippen molar-refractivity contribution in [1.29, 1.82) is 0 Å². The molecule has 0 fully saturated rings. The number of aromatic nitrogens is 1. The number of likely N-dealkylation sites (N-methyl/N-ethyl adjacent to an activating group) is 1. The lowest BCUT2D eigenvalue weighted by atomic mass is 10.2. The standard InChI is InChI=1S/C28H40N4O5S2/c1-19(2)17-31(18-20(3)4)39(34,35)22-11-9-21(10-12-22)27(33)32(16-15-30(5)6)28-29-25-23(36-7)13-14-24(37-8)26(25)38-28/h9-14,19-20H,15-18H2,1-8H3. The van der Waals surface area contributed by atoms with Gasteiger partial charge in [0.05, 0.1) is 19.1 Å². The van der Waals surface area contributed by atoms with Gasteiger partial charge in [-0.1, -0.05) is 39.0 Å². The maximum Gasteiger partial charge on any atom is 0.260 e. The fourth-order valence-electron chi connectivity index (χ4n) is 4.13. The topological polar surface area (TPSA) is 92.3 Å². The Balaban J connectivity index is 1.98. The maximum absolute atomic E-state index is 13.8. The molecule has 214 valence electrons. The Kier molecular flexibility index (Phi) is 10.3. The zero-order chi connectivity index (χ0) is 28.9. The molecule has 0 unspecified atom stereocenters. The Morgan fingerprint density at radius 1 is 0.897 bits per heavy atom. The first kappa shape index (κ1) is 30.8. The number of amides is 1. The normalized spacial score (nSPS) is 12.2. The molecule has 3 rings (SSSR count). The van der Waals surface area contributed by atoms with E-state index in [-0.39, 0.29) is 22.6 Å². The molecule has 0 aliphatic rings. The van der Waals surface area contributed by atoms with Crippen LogP contribution in [-0.4, -0.2) is 83.0 Å². The molecule has 39 heavy (non-hydrogen) atoms. The number of methoxy groups -OCH3 is 2. The van der Waals surface area contributed by atoms with E-state index in [2.05, 4.69) is 0 Å². The third kappa shape index (κ3) is 7.27. The van der Waals surface area contributed by atoms with Crippen molar-refractivity contribution >= 4 is 42.6 Å². The van der Waals surface area contributed by atoms with Gasteiger partial charge in [-0.15, -0.1) is 0 Å². The lowest BCUT2D eigenvalue weighted by Crippen LogP contribution is -2.37. The van der Waals surface area contributed by atoms with Crippen molar-refractivity contribution < 1.29 is 22.7 Å². The summed E-state index contributed by atoms with van der Waals surface area (Å²) in [6.07, 6.45) is 0. The Morgan fingerprint density at radius 2 is 1.46 bits per heavy atom. The molecule has 0 spiro atoms. The number of anilines is 1. The number of ether oxygens (including phenoxy) is 2. The van der Waals surface area contributed by atoms with Crippen LogP contribution in [0.3, 0.4) is 0 Å². The lowest BCUT2D eigenvalue weighted by Gasteiger charge is -2.26. The minimum absolute atomic E-state index is 0.176. The van der Waals surface area contributed by atoms with Crippen LogP contribution in [0.25, 0.3) is 10.2 Å². The number of hydrogen-bond acceptors (Lipinski definition) is 8. The van der Waals surface area contributed by atoms with Crippen LogP contribution >= 0.6 is 11.3 Å².